The highest BCUT2D eigenvalue weighted by Crippen LogP contribution is 2.18. The SMILES string of the molecule is CC(C)CCNC(N)=NCC(c1ccc(F)cc1)N(C)C. The highest BCUT2D eigenvalue weighted by atomic mass is 19.1. The molecule has 1 unspecified atom stereocenters. The lowest BCUT2D eigenvalue weighted by atomic mass is 10.1. The number of rotatable bonds is 7. The fourth-order valence-electron chi connectivity index (χ4n) is 1.98. The van der Waals surface area contributed by atoms with Crippen LogP contribution >= 0.6 is 0 Å². The maximum absolute atomic E-state index is 13.0. The molecule has 1 rings (SSSR count). The van der Waals surface area contributed by atoms with Crippen molar-refractivity contribution in [2.75, 3.05) is 27.2 Å². The number of aliphatic imine (C=N–C) groups is 1. The number of nitrogens with one attached hydrogen (secondary N) is 1. The molecule has 0 aliphatic rings. The summed E-state index contributed by atoms with van der Waals surface area (Å²) in [6.45, 7) is 5.71. The largest absolute Gasteiger partial charge is 0.370 e. The number of halogens is 1. The van der Waals surface area contributed by atoms with E-state index in [-0.39, 0.29) is 11.9 Å². The second kappa shape index (κ2) is 8.62. The van der Waals surface area contributed by atoms with Crippen molar-refractivity contribution in [3.05, 3.63) is 35.6 Å². The van der Waals surface area contributed by atoms with Gasteiger partial charge < -0.3 is 16.0 Å². The van der Waals surface area contributed by atoms with Gasteiger partial charge in [0.2, 0.25) is 0 Å². The number of likely N-dealkylation sites (N-methyl/N-ethyl adjacent to an activating group) is 1. The first-order chi connectivity index (χ1) is 9.90. The molecule has 0 aliphatic carbocycles. The zero-order valence-corrected chi connectivity index (χ0v) is 13.4. The molecule has 0 aliphatic heterocycles. The summed E-state index contributed by atoms with van der Waals surface area (Å²) in [6, 6.07) is 6.60. The van der Waals surface area contributed by atoms with Crippen molar-refractivity contribution < 1.29 is 4.39 Å². The van der Waals surface area contributed by atoms with Gasteiger partial charge in [-0.05, 0) is 44.1 Å². The van der Waals surface area contributed by atoms with Gasteiger partial charge in [-0.25, -0.2) is 4.39 Å². The van der Waals surface area contributed by atoms with Crippen molar-refractivity contribution in [3.63, 3.8) is 0 Å². The monoisotopic (exact) mass is 294 g/mol. The average Bonchev–Trinajstić information content (AvgIpc) is 2.40. The van der Waals surface area contributed by atoms with E-state index in [1.165, 1.54) is 12.1 Å². The Hall–Kier alpha value is -1.62. The van der Waals surface area contributed by atoms with Gasteiger partial charge in [-0.3, -0.25) is 4.99 Å². The maximum Gasteiger partial charge on any atom is 0.188 e. The van der Waals surface area contributed by atoms with Crippen LogP contribution in [0.2, 0.25) is 0 Å². The summed E-state index contributed by atoms with van der Waals surface area (Å²) in [5.74, 6) is 0.873. The zero-order chi connectivity index (χ0) is 15.8. The molecule has 1 aromatic carbocycles. The van der Waals surface area contributed by atoms with E-state index in [4.69, 9.17) is 5.73 Å². The maximum atomic E-state index is 13.0. The minimum atomic E-state index is -0.227. The first-order valence-electron chi connectivity index (χ1n) is 7.35. The van der Waals surface area contributed by atoms with Crippen molar-refractivity contribution in [3.8, 4) is 0 Å². The molecule has 0 bridgehead atoms. The quantitative estimate of drug-likeness (QED) is 0.599. The summed E-state index contributed by atoms with van der Waals surface area (Å²) < 4.78 is 13.0. The molecule has 118 valence electrons. The highest BCUT2D eigenvalue weighted by Gasteiger charge is 2.13. The predicted octanol–water partition coefficient (Wildman–Crippen LogP) is 2.38. The summed E-state index contributed by atoms with van der Waals surface area (Å²) in [4.78, 5) is 6.44. The van der Waals surface area contributed by atoms with E-state index >= 15 is 0 Å². The first-order valence-corrected chi connectivity index (χ1v) is 7.35. The summed E-state index contributed by atoms with van der Waals surface area (Å²) in [6.07, 6.45) is 1.06. The molecule has 3 N–H and O–H groups in total. The van der Waals surface area contributed by atoms with E-state index in [9.17, 15) is 4.39 Å². The van der Waals surface area contributed by atoms with Crippen LogP contribution < -0.4 is 11.1 Å². The van der Waals surface area contributed by atoms with Gasteiger partial charge in [-0.2, -0.15) is 0 Å². The van der Waals surface area contributed by atoms with Crippen LogP contribution in [0, 0.1) is 11.7 Å². The van der Waals surface area contributed by atoms with Crippen LogP contribution in [-0.2, 0) is 0 Å². The third kappa shape index (κ3) is 6.58. The lowest BCUT2D eigenvalue weighted by Crippen LogP contribution is -2.34. The van der Waals surface area contributed by atoms with Gasteiger partial charge in [-0.1, -0.05) is 26.0 Å². The second-order valence-electron chi connectivity index (χ2n) is 5.87. The van der Waals surface area contributed by atoms with Gasteiger partial charge in [0, 0.05) is 6.54 Å². The molecular formula is C16H27FN4. The van der Waals surface area contributed by atoms with Crippen molar-refractivity contribution in [2.45, 2.75) is 26.3 Å². The third-order valence-electron chi connectivity index (χ3n) is 3.34. The van der Waals surface area contributed by atoms with Crippen molar-refractivity contribution >= 4 is 5.96 Å². The first kappa shape index (κ1) is 17.4. The Morgan fingerprint density at radius 3 is 2.43 bits per heavy atom. The van der Waals surface area contributed by atoms with Gasteiger partial charge in [0.05, 0.1) is 12.6 Å². The number of guanidine groups is 1. The molecule has 0 saturated heterocycles. The lowest BCUT2D eigenvalue weighted by Gasteiger charge is -2.23. The molecule has 0 fully saturated rings. The minimum absolute atomic E-state index is 0.0797. The number of nitrogens with two attached hydrogens (primary N) is 1. The lowest BCUT2D eigenvalue weighted by molar-refractivity contribution is 0.306. The van der Waals surface area contributed by atoms with Crippen LogP contribution in [0.15, 0.2) is 29.3 Å². The van der Waals surface area contributed by atoms with E-state index in [1.54, 1.807) is 12.1 Å². The van der Waals surface area contributed by atoms with Gasteiger partial charge in [0.15, 0.2) is 5.96 Å². The number of hydrogen-bond acceptors (Lipinski definition) is 2. The second-order valence-corrected chi connectivity index (χ2v) is 5.87. The molecule has 0 aromatic heterocycles. The highest BCUT2D eigenvalue weighted by molar-refractivity contribution is 5.77. The van der Waals surface area contributed by atoms with Crippen LogP contribution in [0.25, 0.3) is 0 Å². The Labute approximate surface area is 127 Å². The Morgan fingerprint density at radius 2 is 1.90 bits per heavy atom. The van der Waals surface area contributed by atoms with Crippen LogP contribution in [0.1, 0.15) is 31.9 Å². The van der Waals surface area contributed by atoms with E-state index in [1.807, 2.05) is 14.1 Å². The minimum Gasteiger partial charge on any atom is -0.370 e. The smallest absolute Gasteiger partial charge is 0.188 e. The molecule has 0 heterocycles. The fraction of sp³-hybridized carbons (Fsp3) is 0.562. The molecule has 1 atom stereocenters. The van der Waals surface area contributed by atoms with Crippen molar-refractivity contribution in [1.29, 1.82) is 0 Å². The van der Waals surface area contributed by atoms with Gasteiger partial charge in [0.25, 0.3) is 0 Å². The van der Waals surface area contributed by atoms with Gasteiger partial charge in [0.1, 0.15) is 5.82 Å². The van der Waals surface area contributed by atoms with Crippen molar-refractivity contribution in [2.24, 2.45) is 16.6 Å². The van der Waals surface area contributed by atoms with Gasteiger partial charge in [-0.15, -0.1) is 0 Å². The molecule has 21 heavy (non-hydrogen) atoms. The standard InChI is InChI=1S/C16H27FN4/c1-12(2)9-10-19-16(18)20-11-15(21(3)4)13-5-7-14(17)8-6-13/h5-8,12,15H,9-11H2,1-4H3,(H3,18,19,20). The van der Waals surface area contributed by atoms with E-state index in [0.29, 0.717) is 18.4 Å². The molecule has 0 spiro atoms. The summed E-state index contributed by atoms with van der Waals surface area (Å²) >= 11 is 0. The summed E-state index contributed by atoms with van der Waals surface area (Å²) in [5.41, 5.74) is 6.90. The topological polar surface area (TPSA) is 53.6 Å². The molecule has 1 aromatic rings. The Kier molecular flexibility index (Phi) is 7.15. The molecule has 0 saturated carbocycles. The average molecular weight is 294 g/mol. The Morgan fingerprint density at radius 1 is 1.29 bits per heavy atom. The number of hydrogen-bond donors (Lipinski definition) is 2. The van der Waals surface area contributed by atoms with Crippen molar-refractivity contribution in [1.82, 2.24) is 10.2 Å². The van der Waals surface area contributed by atoms with E-state index in [2.05, 4.69) is 29.1 Å². The number of nitrogens with zero attached hydrogens (tertiary/aromatic N) is 2. The molecule has 4 nitrogen and oxygen atoms in total. The Balaban J connectivity index is 2.60. The fourth-order valence-corrected chi connectivity index (χ4v) is 1.98. The molecular weight excluding hydrogens is 267 g/mol. The Bertz CT molecular complexity index is 440. The normalized spacial score (nSPS) is 13.8. The van der Waals surface area contributed by atoms with Crippen LogP contribution in [0.3, 0.4) is 0 Å². The van der Waals surface area contributed by atoms with Gasteiger partial charge >= 0.3 is 0 Å². The van der Waals surface area contributed by atoms with Crippen LogP contribution in [0.4, 0.5) is 4.39 Å². The number of benzene rings is 1. The molecule has 0 radical (unpaired) electrons. The van der Waals surface area contributed by atoms with E-state index in [0.717, 1.165) is 18.5 Å². The molecule has 5 heteroatoms. The summed E-state index contributed by atoms with van der Waals surface area (Å²) in [7, 11) is 3.96. The van der Waals surface area contributed by atoms with Crippen LogP contribution in [-0.4, -0.2) is 38.0 Å². The summed E-state index contributed by atoms with van der Waals surface area (Å²) in [5, 5.41) is 3.12. The van der Waals surface area contributed by atoms with Crippen LogP contribution in [0.5, 0.6) is 0 Å². The molecule has 0 amide bonds. The van der Waals surface area contributed by atoms with E-state index < -0.39 is 0 Å². The predicted molar refractivity (Wildman–Crippen MR) is 86.8 cm³/mol. The third-order valence-corrected chi connectivity index (χ3v) is 3.34. The zero-order valence-electron chi connectivity index (χ0n) is 13.4.